The summed E-state index contributed by atoms with van der Waals surface area (Å²) in [6.45, 7) is 3.87. The number of hydrogen-bond donors (Lipinski definition) is 1. The second-order valence-electron chi connectivity index (χ2n) is 6.77. The van der Waals surface area contributed by atoms with Crippen LogP contribution in [0.4, 0.5) is 4.79 Å². The summed E-state index contributed by atoms with van der Waals surface area (Å²) in [6.07, 6.45) is 3.13. The SMILES string of the molecule is C=CCCCC(NC(=O)OCC1c2ccccc2-c2ccccc21)C(=O)OC. The van der Waals surface area contributed by atoms with Gasteiger partial charge in [0.15, 0.2) is 0 Å². The second-order valence-corrected chi connectivity index (χ2v) is 6.77. The Kier molecular flexibility index (Phi) is 6.48. The molecule has 2 aromatic rings. The highest BCUT2D eigenvalue weighted by molar-refractivity contribution is 5.82. The lowest BCUT2D eigenvalue weighted by Gasteiger charge is -2.18. The number of carbonyl (C=O) groups excluding carboxylic acids is 2. The molecule has 0 spiro atoms. The summed E-state index contributed by atoms with van der Waals surface area (Å²) < 4.78 is 10.3. The van der Waals surface area contributed by atoms with Gasteiger partial charge in [0.25, 0.3) is 0 Å². The first-order valence-electron chi connectivity index (χ1n) is 9.46. The molecule has 3 rings (SSSR count). The number of esters is 1. The fourth-order valence-corrected chi connectivity index (χ4v) is 3.64. The summed E-state index contributed by atoms with van der Waals surface area (Å²) in [5.74, 6) is -0.493. The Morgan fingerprint density at radius 3 is 2.29 bits per heavy atom. The number of amides is 1. The van der Waals surface area contributed by atoms with Crippen LogP contribution in [0.3, 0.4) is 0 Å². The quantitative estimate of drug-likeness (QED) is 0.419. The molecule has 1 unspecified atom stereocenters. The number of benzene rings is 2. The zero-order valence-electron chi connectivity index (χ0n) is 16.0. The van der Waals surface area contributed by atoms with E-state index in [2.05, 4.69) is 36.2 Å². The average Bonchev–Trinajstić information content (AvgIpc) is 3.05. The highest BCUT2D eigenvalue weighted by atomic mass is 16.6. The van der Waals surface area contributed by atoms with E-state index in [0.717, 1.165) is 24.0 Å². The summed E-state index contributed by atoms with van der Waals surface area (Å²) in [4.78, 5) is 24.2. The molecule has 0 aromatic heterocycles. The van der Waals surface area contributed by atoms with E-state index >= 15 is 0 Å². The fourth-order valence-electron chi connectivity index (χ4n) is 3.64. The van der Waals surface area contributed by atoms with Gasteiger partial charge < -0.3 is 14.8 Å². The van der Waals surface area contributed by atoms with Crippen LogP contribution in [0.2, 0.25) is 0 Å². The Hall–Kier alpha value is -3.08. The molecule has 0 heterocycles. The third-order valence-corrected chi connectivity index (χ3v) is 5.02. The van der Waals surface area contributed by atoms with E-state index in [9.17, 15) is 9.59 Å². The first kappa shape index (κ1) is 19.7. The molecule has 0 saturated carbocycles. The maximum Gasteiger partial charge on any atom is 0.407 e. The van der Waals surface area contributed by atoms with Crippen molar-refractivity contribution in [2.24, 2.45) is 0 Å². The van der Waals surface area contributed by atoms with Gasteiger partial charge in [0, 0.05) is 5.92 Å². The van der Waals surface area contributed by atoms with Crippen molar-refractivity contribution in [3.8, 4) is 11.1 Å². The Balaban J connectivity index is 1.65. The van der Waals surface area contributed by atoms with Gasteiger partial charge in [0.2, 0.25) is 0 Å². The number of alkyl carbamates (subject to hydrolysis) is 1. The number of ether oxygens (including phenoxy) is 2. The van der Waals surface area contributed by atoms with Crippen LogP contribution in [0, 0.1) is 0 Å². The van der Waals surface area contributed by atoms with Crippen molar-refractivity contribution < 1.29 is 19.1 Å². The number of methoxy groups -OCH3 is 1. The predicted molar refractivity (Wildman–Crippen MR) is 108 cm³/mol. The van der Waals surface area contributed by atoms with Crippen LogP contribution in [0.25, 0.3) is 11.1 Å². The van der Waals surface area contributed by atoms with Crippen molar-refractivity contribution >= 4 is 12.1 Å². The molecule has 1 amide bonds. The standard InChI is InChI=1S/C23H25NO4/c1-3-4-5-14-21(22(25)27-2)24-23(26)28-15-20-18-12-8-6-10-16(18)17-11-7-9-13-19(17)20/h3,6-13,20-21H,1,4-5,14-15H2,2H3,(H,24,26). The van der Waals surface area contributed by atoms with Crippen molar-refractivity contribution in [2.45, 2.75) is 31.2 Å². The van der Waals surface area contributed by atoms with E-state index in [1.807, 2.05) is 24.3 Å². The van der Waals surface area contributed by atoms with Gasteiger partial charge in [-0.05, 0) is 41.5 Å². The molecule has 5 heteroatoms. The number of fused-ring (bicyclic) bond motifs is 3. The molecule has 0 saturated heterocycles. The molecule has 28 heavy (non-hydrogen) atoms. The van der Waals surface area contributed by atoms with Gasteiger partial charge >= 0.3 is 12.1 Å². The Morgan fingerprint density at radius 2 is 1.71 bits per heavy atom. The van der Waals surface area contributed by atoms with Gasteiger partial charge in [-0.25, -0.2) is 9.59 Å². The summed E-state index contributed by atoms with van der Waals surface area (Å²) in [6, 6.07) is 15.6. The molecular formula is C23H25NO4. The molecule has 1 N–H and O–H groups in total. The van der Waals surface area contributed by atoms with Gasteiger partial charge in [-0.1, -0.05) is 54.6 Å². The van der Waals surface area contributed by atoms with Gasteiger partial charge in [-0.2, -0.15) is 0 Å². The maximum atomic E-state index is 12.3. The lowest BCUT2D eigenvalue weighted by Crippen LogP contribution is -2.42. The van der Waals surface area contributed by atoms with E-state index < -0.39 is 18.1 Å². The first-order valence-corrected chi connectivity index (χ1v) is 9.46. The van der Waals surface area contributed by atoms with Crippen LogP contribution in [0.5, 0.6) is 0 Å². The summed E-state index contributed by atoms with van der Waals surface area (Å²) in [5.41, 5.74) is 4.63. The van der Waals surface area contributed by atoms with Crippen LogP contribution < -0.4 is 5.32 Å². The molecular weight excluding hydrogens is 354 g/mol. The molecule has 5 nitrogen and oxygen atoms in total. The van der Waals surface area contributed by atoms with E-state index in [1.165, 1.54) is 18.2 Å². The number of nitrogens with one attached hydrogen (secondary N) is 1. The monoisotopic (exact) mass is 379 g/mol. The van der Waals surface area contributed by atoms with Crippen LogP contribution in [0.1, 0.15) is 36.3 Å². The summed E-state index contributed by atoms with van der Waals surface area (Å²) in [7, 11) is 1.31. The van der Waals surface area contributed by atoms with Crippen LogP contribution in [-0.4, -0.2) is 31.8 Å². The number of hydrogen-bond acceptors (Lipinski definition) is 4. The van der Waals surface area contributed by atoms with E-state index in [4.69, 9.17) is 9.47 Å². The van der Waals surface area contributed by atoms with Crippen molar-refractivity contribution in [3.05, 3.63) is 72.3 Å². The third kappa shape index (κ3) is 4.25. The number of unbranched alkanes of at least 4 members (excludes halogenated alkanes) is 1. The Bertz CT molecular complexity index is 816. The molecule has 1 atom stereocenters. The number of allylic oxidation sites excluding steroid dienone is 1. The van der Waals surface area contributed by atoms with E-state index in [-0.39, 0.29) is 12.5 Å². The second kappa shape index (κ2) is 9.22. The van der Waals surface area contributed by atoms with Crippen LogP contribution in [-0.2, 0) is 14.3 Å². The van der Waals surface area contributed by atoms with E-state index in [1.54, 1.807) is 6.08 Å². The van der Waals surface area contributed by atoms with Crippen LogP contribution in [0.15, 0.2) is 61.2 Å². The van der Waals surface area contributed by atoms with E-state index in [0.29, 0.717) is 6.42 Å². The predicted octanol–water partition coefficient (Wildman–Crippen LogP) is 4.42. The van der Waals surface area contributed by atoms with Gasteiger partial charge in [0.1, 0.15) is 12.6 Å². The molecule has 1 aliphatic carbocycles. The molecule has 0 bridgehead atoms. The minimum absolute atomic E-state index is 0.0181. The molecule has 0 fully saturated rings. The van der Waals surface area contributed by atoms with Gasteiger partial charge in [-0.3, -0.25) is 0 Å². The van der Waals surface area contributed by atoms with Crippen molar-refractivity contribution in [1.82, 2.24) is 5.32 Å². The zero-order valence-corrected chi connectivity index (χ0v) is 16.0. The largest absolute Gasteiger partial charge is 0.467 e. The third-order valence-electron chi connectivity index (χ3n) is 5.02. The molecule has 1 aliphatic rings. The van der Waals surface area contributed by atoms with Crippen molar-refractivity contribution in [1.29, 1.82) is 0 Å². The zero-order chi connectivity index (χ0) is 19.9. The fraction of sp³-hybridized carbons (Fsp3) is 0.304. The molecule has 0 aliphatic heterocycles. The van der Waals surface area contributed by atoms with Crippen LogP contribution >= 0.6 is 0 Å². The minimum atomic E-state index is -0.722. The summed E-state index contributed by atoms with van der Waals surface area (Å²) in [5, 5.41) is 2.63. The number of rotatable bonds is 8. The van der Waals surface area contributed by atoms with Crippen molar-refractivity contribution in [2.75, 3.05) is 13.7 Å². The molecule has 146 valence electrons. The average molecular weight is 379 g/mol. The first-order chi connectivity index (χ1) is 13.7. The molecule has 2 aromatic carbocycles. The molecule has 0 radical (unpaired) electrons. The minimum Gasteiger partial charge on any atom is -0.467 e. The summed E-state index contributed by atoms with van der Waals surface area (Å²) >= 11 is 0. The number of carbonyl (C=O) groups is 2. The lowest BCUT2D eigenvalue weighted by atomic mass is 9.98. The normalized spacial score (nSPS) is 13.2. The topological polar surface area (TPSA) is 64.6 Å². The highest BCUT2D eigenvalue weighted by Crippen LogP contribution is 2.44. The Labute approximate surface area is 165 Å². The van der Waals surface area contributed by atoms with Gasteiger partial charge in [-0.15, -0.1) is 6.58 Å². The smallest absolute Gasteiger partial charge is 0.407 e. The Morgan fingerprint density at radius 1 is 1.11 bits per heavy atom. The lowest BCUT2D eigenvalue weighted by molar-refractivity contribution is -0.143. The maximum absolute atomic E-state index is 12.3. The highest BCUT2D eigenvalue weighted by Gasteiger charge is 2.29. The van der Waals surface area contributed by atoms with Crippen molar-refractivity contribution in [3.63, 3.8) is 0 Å². The van der Waals surface area contributed by atoms with Gasteiger partial charge in [0.05, 0.1) is 7.11 Å².